The van der Waals surface area contributed by atoms with Gasteiger partial charge < -0.3 is 5.32 Å². The molecule has 1 aliphatic carbocycles. The van der Waals surface area contributed by atoms with Crippen molar-refractivity contribution >= 4 is 0 Å². The second kappa shape index (κ2) is 4.45. The van der Waals surface area contributed by atoms with Gasteiger partial charge in [-0.1, -0.05) is 20.8 Å². The molecule has 1 heteroatoms. The molecule has 0 bridgehead atoms. The summed E-state index contributed by atoms with van der Waals surface area (Å²) in [6, 6.07) is 0. The molecule has 1 saturated carbocycles. The first-order valence-electron chi connectivity index (χ1n) is 5.67. The van der Waals surface area contributed by atoms with E-state index in [9.17, 15) is 0 Å². The van der Waals surface area contributed by atoms with Crippen LogP contribution in [0.25, 0.3) is 0 Å². The summed E-state index contributed by atoms with van der Waals surface area (Å²) >= 11 is 0. The number of rotatable bonds is 4. The van der Waals surface area contributed by atoms with Crippen molar-refractivity contribution in [3.63, 3.8) is 0 Å². The van der Waals surface area contributed by atoms with Crippen LogP contribution < -0.4 is 5.32 Å². The minimum atomic E-state index is 0.528. The van der Waals surface area contributed by atoms with Crippen molar-refractivity contribution in [2.45, 2.75) is 46.5 Å². The van der Waals surface area contributed by atoms with E-state index in [0.29, 0.717) is 5.41 Å². The number of nitrogens with one attached hydrogen (secondary N) is 1. The average molecular weight is 183 g/mol. The van der Waals surface area contributed by atoms with Crippen LogP contribution in [0.15, 0.2) is 0 Å². The van der Waals surface area contributed by atoms with E-state index in [4.69, 9.17) is 0 Å². The highest BCUT2D eigenvalue weighted by atomic mass is 14.8. The fraction of sp³-hybridized carbons (Fsp3) is 1.00. The van der Waals surface area contributed by atoms with Gasteiger partial charge in [-0.15, -0.1) is 0 Å². The third-order valence-corrected chi connectivity index (χ3v) is 3.31. The van der Waals surface area contributed by atoms with E-state index in [1.54, 1.807) is 0 Å². The van der Waals surface area contributed by atoms with Gasteiger partial charge in [0.1, 0.15) is 0 Å². The van der Waals surface area contributed by atoms with E-state index in [1.807, 2.05) is 0 Å². The molecule has 1 aliphatic rings. The third-order valence-electron chi connectivity index (χ3n) is 3.31. The molecule has 1 N–H and O–H groups in total. The van der Waals surface area contributed by atoms with Crippen molar-refractivity contribution < 1.29 is 0 Å². The Morgan fingerprint density at radius 1 is 1.15 bits per heavy atom. The van der Waals surface area contributed by atoms with Gasteiger partial charge in [0.2, 0.25) is 0 Å². The topological polar surface area (TPSA) is 12.0 Å². The maximum Gasteiger partial charge on any atom is -0.00209 e. The summed E-state index contributed by atoms with van der Waals surface area (Å²) in [6.45, 7) is 8.27. The van der Waals surface area contributed by atoms with Crippen molar-refractivity contribution in [2.24, 2.45) is 17.3 Å². The molecule has 13 heavy (non-hydrogen) atoms. The van der Waals surface area contributed by atoms with Gasteiger partial charge in [0.15, 0.2) is 0 Å². The largest absolute Gasteiger partial charge is 0.319 e. The fourth-order valence-corrected chi connectivity index (χ4v) is 2.17. The van der Waals surface area contributed by atoms with Crippen molar-refractivity contribution in [3.8, 4) is 0 Å². The molecule has 0 radical (unpaired) electrons. The Bertz CT molecular complexity index is 146. The summed E-state index contributed by atoms with van der Waals surface area (Å²) in [5.74, 6) is 2.00. The Morgan fingerprint density at radius 3 is 2.15 bits per heavy atom. The second-order valence-electron chi connectivity index (χ2n) is 5.75. The lowest BCUT2D eigenvalue weighted by Gasteiger charge is -2.38. The zero-order valence-corrected chi connectivity index (χ0v) is 9.69. The Labute approximate surface area is 83.3 Å². The Hall–Kier alpha value is -0.0400. The average Bonchev–Trinajstić information content (AvgIpc) is 1.96. The molecule has 0 aromatic heterocycles. The van der Waals surface area contributed by atoms with Gasteiger partial charge in [-0.2, -0.15) is 0 Å². The predicted molar refractivity (Wildman–Crippen MR) is 58.8 cm³/mol. The van der Waals surface area contributed by atoms with Crippen LogP contribution in [0, 0.1) is 17.3 Å². The van der Waals surface area contributed by atoms with E-state index >= 15 is 0 Å². The Kier molecular flexibility index (Phi) is 3.78. The first-order chi connectivity index (χ1) is 6.03. The maximum absolute atomic E-state index is 3.30. The lowest BCUT2D eigenvalue weighted by molar-refractivity contribution is 0.143. The lowest BCUT2D eigenvalue weighted by Crippen LogP contribution is -2.34. The van der Waals surface area contributed by atoms with Gasteiger partial charge in [0.05, 0.1) is 0 Å². The molecule has 0 amide bonds. The molecule has 0 heterocycles. The third kappa shape index (κ3) is 3.68. The summed E-state index contributed by atoms with van der Waals surface area (Å²) < 4.78 is 0. The minimum absolute atomic E-state index is 0.528. The summed E-state index contributed by atoms with van der Waals surface area (Å²) in [6.07, 6.45) is 5.76. The molecule has 2 unspecified atom stereocenters. The van der Waals surface area contributed by atoms with Crippen molar-refractivity contribution in [1.82, 2.24) is 5.32 Å². The molecular formula is C12H25N. The Morgan fingerprint density at radius 2 is 1.77 bits per heavy atom. The zero-order chi connectivity index (χ0) is 9.90. The highest BCUT2D eigenvalue weighted by Gasteiger charge is 2.30. The Balaban J connectivity index is 2.15. The molecule has 0 aliphatic heterocycles. The van der Waals surface area contributed by atoms with E-state index in [0.717, 1.165) is 11.8 Å². The predicted octanol–water partition coefficient (Wildman–Crippen LogP) is 3.06. The minimum Gasteiger partial charge on any atom is -0.319 e. The van der Waals surface area contributed by atoms with Crippen LogP contribution >= 0.6 is 0 Å². The highest BCUT2D eigenvalue weighted by Crippen LogP contribution is 2.39. The standard InChI is InChI=1S/C12H25N/c1-12(2,3)8-7-10-5-6-11(10)9-13-4/h10-11,13H,5-9H2,1-4H3. The monoisotopic (exact) mass is 183 g/mol. The second-order valence-corrected chi connectivity index (χ2v) is 5.75. The van der Waals surface area contributed by atoms with Crippen LogP contribution in [0.3, 0.4) is 0 Å². The number of hydrogen-bond acceptors (Lipinski definition) is 1. The molecule has 1 rings (SSSR count). The van der Waals surface area contributed by atoms with Gasteiger partial charge in [-0.05, 0) is 56.5 Å². The summed E-state index contributed by atoms with van der Waals surface area (Å²) in [4.78, 5) is 0. The summed E-state index contributed by atoms with van der Waals surface area (Å²) in [5, 5.41) is 3.30. The summed E-state index contributed by atoms with van der Waals surface area (Å²) in [5.41, 5.74) is 0.528. The molecule has 1 nitrogen and oxygen atoms in total. The lowest BCUT2D eigenvalue weighted by atomic mass is 9.69. The molecule has 0 aromatic rings. The van der Waals surface area contributed by atoms with Crippen LogP contribution in [0.2, 0.25) is 0 Å². The maximum atomic E-state index is 3.30. The fourth-order valence-electron chi connectivity index (χ4n) is 2.17. The number of hydrogen-bond donors (Lipinski definition) is 1. The molecule has 0 aromatic carbocycles. The van der Waals surface area contributed by atoms with Crippen LogP contribution in [-0.2, 0) is 0 Å². The zero-order valence-electron chi connectivity index (χ0n) is 9.69. The smallest absolute Gasteiger partial charge is 0.00209 e. The molecule has 1 fully saturated rings. The quantitative estimate of drug-likeness (QED) is 0.706. The van der Waals surface area contributed by atoms with Crippen molar-refractivity contribution in [1.29, 1.82) is 0 Å². The molecular weight excluding hydrogens is 158 g/mol. The van der Waals surface area contributed by atoms with E-state index < -0.39 is 0 Å². The van der Waals surface area contributed by atoms with Crippen LogP contribution in [-0.4, -0.2) is 13.6 Å². The van der Waals surface area contributed by atoms with Crippen molar-refractivity contribution in [3.05, 3.63) is 0 Å². The van der Waals surface area contributed by atoms with E-state index in [-0.39, 0.29) is 0 Å². The van der Waals surface area contributed by atoms with Gasteiger partial charge in [-0.25, -0.2) is 0 Å². The highest BCUT2D eigenvalue weighted by molar-refractivity contribution is 4.82. The first-order valence-corrected chi connectivity index (χ1v) is 5.67. The molecule has 0 spiro atoms. The molecule has 2 atom stereocenters. The van der Waals surface area contributed by atoms with Crippen molar-refractivity contribution in [2.75, 3.05) is 13.6 Å². The molecule has 78 valence electrons. The SMILES string of the molecule is CNCC1CCC1CCC(C)(C)C. The van der Waals surface area contributed by atoms with Crippen LogP contribution in [0.5, 0.6) is 0 Å². The van der Waals surface area contributed by atoms with Crippen LogP contribution in [0.4, 0.5) is 0 Å². The van der Waals surface area contributed by atoms with Crippen LogP contribution in [0.1, 0.15) is 46.5 Å². The van der Waals surface area contributed by atoms with E-state index in [1.165, 1.54) is 32.2 Å². The van der Waals surface area contributed by atoms with Gasteiger partial charge in [0, 0.05) is 0 Å². The first kappa shape index (κ1) is 11.0. The normalized spacial score (nSPS) is 28.6. The van der Waals surface area contributed by atoms with Gasteiger partial charge in [-0.3, -0.25) is 0 Å². The molecule has 0 saturated heterocycles. The van der Waals surface area contributed by atoms with Gasteiger partial charge >= 0.3 is 0 Å². The summed E-state index contributed by atoms with van der Waals surface area (Å²) in [7, 11) is 2.07. The van der Waals surface area contributed by atoms with Gasteiger partial charge in [0.25, 0.3) is 0 Å². The van der Waals surface area contributed by atoms with E-state index in [2.05, 4.69) is 33.1 Å².